The summed E-state index contributed by atoms with van der Waals surface area (Å²) in [4.78, 5) is 28.7. The molecule has 0 bridgehead atoms. The van der Waals surface area contributed by atoms with Gasteiger partial charge in [-0.1, -0.05) is 78.9 Å². The number of allylic oxidation sites excluding steroid dienone is 1. The smallest absolute Gasteiger partial charge is 0.412 e. The molecule has 2 aliphatic heterocycles. The van der Waals surface area contributed by atoms with Crippen LogP contribution in [-0.4, -0.2) is 29.6 Å². The Kier molecular flexibility index (Phi) is 6.46. The molecule has 1 aliphatic carbocycles. The van der Waals surface area contributed by atoms with Crippen molar-refractivity contribution in [1.29, 1.82) is 0 Å². The van der Waals surface area contributed by atoms with Gasteiger partial charge in [0, 0.05) is 5.56 Å². The Balaban J connectivity index is 1.24. The summed E-state index contributed by atoms with van der Waals surface area (Å²) in [6, 6.07) is 24.5. The number of aliphatic carboxylic acids is 1. The second-order valence-corrected chi connectivity index (χ2v) is 10.2. The van der Waals surface area contributed by atoms with Crippen LogP contribution in [0.25, 0.3) is 16.9 Å². The highest BCUT2D eigenvalue weighted by atomic mass is 19.1. The minimum Gasteiger partial charge on any atom is -0.481 e. The summed E-state index contributed by atoms with van der Waals surface area (Å²) in [6.07, 6.45) is 1.93. The van der Waals surface area contributed by atoms with Crippen molar-refractivity contribution in [3.63, 3.8) is 0 Å². The summed E-state index contributed by atoms with van der Waals surface area (Å²) in [5, 5.41) is 12.3. The van der Waals surface area contributed by atoms with Gasteiger partial charge < -0.3 is 14.6 Å². The van der Waals surface area contributed by atoms with Crippen LogP contribution in [0.4, 0.5) is 9.18 Å². The number of benzene rings is 3. The van der Waals surface area contributed by atoms with Gasteiger partial charge in [0.2, 0.25) is 6.23 Å². The number of carbonyl (C=O) groups is 2. The maximum atomic E-state index is 14.1. The molecule has 3 aliphatic rings. The molecular weight excluding hydrogens is 511 g/mol. The quantitative estimate of drug-likeness (QED) is 0.356. The van der Waals surface area contributed by atoms with E-state index in [1.807, 2.05) is 78.9 Å². The fourth-order valence-electron chi connectivity index (χ4n) is 5.20. The lowest BCUT2D eigenvalue weighted by molar-refractivity contribution is -0.140. The van der Waals surface area contributed by atoms with Gasteiger partial charge in [0.25, 0.3) is 0 Å². The van der Waals surface area contributed by atoms with Crippen LogP contribution in [0.15, 0.2) is 101 Å². The molecule has 0 aromatic heterocycles. The van der Waals surface area contributed by atoms with Crippen molar-refractivity contribution in [3.05, 3.63) is 113 Å². The van der Waals surface area contributed by atoms with Crippen molar-refractivity contribution in [2.75, 3.05) is 0 Å². The van der Waals surface area contributed by atoms with Crippen LogP contribution in [0.5, 0.6) is 0 Å². The molecule has 2 unspecified atom stereocenters. The third-order valence-electron chi connectivity index (χ3n) is 7.67. The first-order valence-electron chi connectivity index (χ1n) is 13.1. The predicted octanol–water partition coefficient (Wildman–Crippen LogP) is 6.54. The molecular formula is C32H27FN2O5. The summed E-state index contributed by atoms with van der Waals surface area (Å²) in [5.74, 6) is -1.51. The highest BCUT2D eigenvalue weighted by molar-refractivity contribution is 5.85. The molecule has 202 valence electrons. The fraction of sp³-hybridized carbons (Fsp3) is 0.219. The number of hydrogen-bond donors (Lipinski definition) is 2. The molecule has 0 spiro atoms. The first-order valence-corrected chi connectivity index (χ1v) is 13.1. The summed E-state index contributed by atoms with van der Waals surface area (Å²) >= 11 is 0. The molecule has 3 aromatic rings. The number of carboxylic acid groups (broad SMARTS) is 1. The van der Waals surface area contributed by atoms with Crippen molar-refractivity contribution in [2.45, 2.75) is 37.5 Å². The summed E-state index contributed by atoms with van der Waals surface area (Å²) in [6.45, 7) is 1.78. The summed E-state index contributed by atoms with van der Waals surface area (Å²) in [7, 11) is 0. The Hall–Kier alpha value is -4.72. The Morgan fingerprint density at radius 2 is 1.62 bits per heavy atom. The third-order valence-corrected chi connectivity index (χ3v) is 7.67. The third kappa shape index (κ3) is 4.77. The molecule has 2 N–H and O–H groups in total. The normalized spacial score (nSPS) is 21.1. The van der Waals surface area contributed by atoms with E-state index in [9.17, 15) is 19.1 Å². The van der Waals surface area contributed by atoms with E-state index in [1.165, 1.54) is 6.08 Å². The van der Waals surface area contributed by atoms with Gasteiger partial charge in [0.1, 0.15) is 17.7 Å². The van der Waals surface area contributed by atoms with Crippen molar-refractivity contribution in [3.8, 4) is 11.1 Å². The lowest BCUT2D eigenvalue weighted by Gasteiger charge is -2.18. The van der Waals surface area contributed by atoms with E-state index < -0.39 is 41.6 Å². The lowest BCUT2D eigenvalue weighted by Crippen LogP contribution is -2.30. The molecule has 40 heavy (non-hydrogen) atoms. The van der Waals surface area contributed by atoms with Gasteiger partial charge in [-0.3, -0.25) is 10.1 Å². The number of rotatable bonds is 7. The number of halogens is 1. The molecule has 3 aromatic carbocycles. The maximum absolute atomic E-state index is 14.1. The number of amides is 1. The fourth-order valence-corrected chi connectivity index (χ4v) is 5.20. The number of alkyl carbamates (subject to hydrolysis) is 1. The number of aliphatic imine (C=N–C) groups is 1. The zero-order valence-corrected chi connectivity index (χ0v) is 21.7. The van der Waals surface area contributed by atoms with Crippen LogP contribution in [-0.2, 0) is 19.7 Å². The standard InChI is InChI=1S/C32H27FN2O5/c1-19(20-5-3-2-4-6-20)39-31(38)35-27-26-17-25(33)18-34-29(26)40-28(27)23-9-7-21(8-10-23)22-11-13-24(14-12-22)32(15-16-32)30(36)37/h2-14,17-19,26,29H,15-16H2,1H3,(H,35,38)(H,36,37)/t19-,26?,29?/m1/s1. The second-order valence-electron chi connectivity index (χ2n) is 10.2. The summed E-state index contributed by atoms with van der Waals surface area (Å²) in [5.41, 5.74) is 3.86. The number of carboxylic acids is 1. The zero-order valence-electron chi connectivity index (χ0n) is 21.7. The van der Waals surface area contributed by atoms with Gasteiger partial charge in [0.05, 0.1) is 23.2 Å². The van der Waals surface area contributed by atoms with E-state index in [1.54, 1.807) is 6.92 Å². The predicted molar refractivity (Wildman–Crippen MR) is 148 cm³/mol. The molecule has 1 saturated carbocycles. The molecule has 0 radical (unpaired) electrons. The lowest BCUT2D eigenvalue weighted by atomic mass is 9.93. The van der Waals surface area contributed by atoms with E-state index in [-0.39, 0.29) is 0 Å². The molecule has 1 amide bonds. The van der Waals surface area contributed by atoms with E-state index in [0.717, 1.165) is 28.5 Å². The first kappa shape index (κ1) is 25.6. The van der Waals surface area contributed by atoms with E-state index in [0.29, 0.717) is 29.9 Å². The molecule has 2 heterocycles. The van der Waals surface area contributed by atoms with Crippen LogP contribution < -0.4 is 5.32 Å². The molecule has 8 heteroatoms. The van der Waals surface area contributed by atoms with Crippen LogP contribution in [0.1, 0.15) is 42.6 Å². The molecule has 6 rings (SSSR count). The highest BCUT2D eigenvalue weighted by Gasteiger charge is 2.51. The Bertz CT molecular complexity index is 1540. The average molecular weight is 539 g/mol. The van der Waals surface area contributed by atoms with Crippen molar-refractivity contribution in [1.82, 2.24) is 5.32 Å². The number of nitrogens with zero attached hydrogens (tertiary/aromatic N) is 1. The number of fused-ring (bicyclic) bond motifs is 1. The number of carbonyl (C=O) groups excluding carboxylic acids is 1. The highest BCUT2D eigenvalue weighted by Crippen LogP contribution is 2.48. The van der Waals surface area contributed by atoms with Gasteiger partial charge >= 0.3 is 12.1 Å². The number of ether oxygens (including phenoxy) is 2. The Morgan fingerprint density at radius 3 is 2.25 bits per heavy atom. The van der Waals surface area contributed by atoms with E-state index in [2.05, 4.69) is 10.3 Å². The van der Waals surface area contributed by atoms with Gasteiger partial charge in [0.15, 0.2) is 0 Å². The Morgan fingerprint density at radius 1 is 1.00 bits per heavy atom. The van der Waals surface area contributed by atoms with Gasteiger partial charge in [-0.05, 0) is 48.1 Å². The molecule has 1 fully saturated rings. The van der Waals surface area contributed by atoms with Crippen LogP contribution in [0, 0.1) is 5.92 Å². The summed E-state index contributed by atoms with van der Waals surface area (Å²) < 4.78 is 25.8. The van der Waals surface area contributed by atoms with Gasteiger partial charge in [-0.2, -0.15) is 0 Å². The zero-order chi connectivity index (χ0) is 27.9. The first-order chi connectivity index (χ1) is 19.3. The SMILES string of the molecule is C[C@@H](OC(=O)NC1=C(c2ccc(-c3ccc(C4(C(=O)O)CC4)cc3)cc2)OC2N=CC(F)=CC12)c1ccccc1. The number of nitrogens with one attached hydrogen (secondary N) is 1. The Labute approximate surface area is 230 Å². The maximum Gasteiger partial charge on any atom is 0.412 e. The molecule has 7 nitrogen and oxygen atoms in total. The second kappa shape index (κ2) is 10.1. The molecule has 3 atom stereocenters. The molecule has 0 saturated heterocycles. The van der Waals surface area contributed by atoms with E-state index >= 15 is 0 Å². The van der Waals surface area contributed by atoms with Gasteiger partial charge in [-0.15, -0.1) is 0 Å². The van der Waals surface area contributed by atoms with E-state index in [4.69, 9.17) is 9.47 Å². The van der Waals surface area contributed by atoms with Crippen LogP contribution in [0.3, 0.4) is 0 Å². The monoisotopic (exact) mass is 538 g/mol. The minimum absolute atomic E-state index is 0.378. The topological polar surface area (TPSA) is 97.2 Å². The largest absolute Gasteiger partial charge is 0.481 e. The number of hydrogen-bond acceptors (Lipinski definition) is 5. The van der Waals surface area contributed by atoms with Crippen LogP contribution in [0.2, 0.25) is 0 Å². The van der Waals surface area contributed by atoms with Gasteiger partial charge in [-0.25, -0.2) is 14.2 Å². The van der Waals surface area contributed by atoms with Crippen LogP contribution >= 0.6 is 0 Å². The average Bonchev–Trinajstić information content (AvgIpc) is 3.72. The number of dihydropyridines is 1. The van der Waals surface area contributed by atoms with Crippen molar-refractivity contribution >= 4 is 24.0 Å². The minimum atomic E-state index is -0.781. The van der Waals surface area contributed by atoms with Crippen molar-refractivity contribution < 1.29 is 28.6 Å². The van der Waals surface area contributed by atoms with Crippen molar-refractivity contribution in [2.24, 2.45) is 10.9 Å².